The van der Waals surface area contributed by atoms with Gasteiger partial charge in [0.25, 0.3) is 0 Å². The molecular weight excluding hydrogens is 416 g/mol. The van der Waals surface area contributed by atoms with Crippen LogP contribution in [0.4, 0.5) is 0 Å². The molecule has 0 radical (unpaired) electrons. The number of likely N-dealkylation sites (tertiary alicyclic amines) is 1. The van der Waals surface area contributed by atoms with Crippen molar-refractivity contribution < 1.29 is 14.3 Å². The van der Waals surface area contributed by atoms with Crippen LogP contribution in [0.2, 0.25) is 0 Å². The second kappa shape index (κ2) is 8.86. The lowest BCUT2D eigenvalue weighted by Gasteiger charge is -2.31. The monoisotopic (exact) mass is 440 g/mol. The van der Waals surface area contributed by atoms with E-state index in [2.05, 4.69) is 18.2 Å². The van der Waals surface area contributed by atoms with Crippen molar-refractivity contribution in [1.29, 1.82) is 0 Å². The number of rotatable bonds is 4. The molecule has 5 nitrogen and oxygen atoms in total. The van der Waals surface area contributed by atoms with Crippen molar-refractivity contribution in [2.75, 3.05) is 32.1 Å². The predicted molar refractivity (Wildman–Crippen MR) is 121 cm³/mol. The normalized spacial score (nSPS) is 18.9. The summed E-state index contributed by atoms with van der Waals surface area (Å²) in [4.78, 5) is 20.8. The van der Waals surface area contributed by atoms with Gasteiger partial charge in [-0.3, -0.25) is 4.79 Å². The fourth-order valence-electron chi connectivity index (χ4n) is 3.94. The molecule has 1 aromatic heterocycles. The number of carbonyl (C=O) groups is 1. The zero-order valence-electron chi connectivity index (χ0n) is 16.7. The predicted octanol–water partition coefficient (Wildman–Crippen LogP) is 4.96. The van der Waals surface area contributed by atoms with Crippen molar-refractivity contribution in [2.45, 2.75) is 30.1 Å². The third kappa shape index (κ3) is 4.27. The zero-order chi connectivity index (χ0) is 20.3. The van der Waals surface area contributed by atoms with E-state index in [4.69, 9.17) is 14.5 Å². The fraction of sp³-hybridized carbons (Fsp3) is 0.391. The zero-order valence-corrected chi connectivity index (χ0v) is 18.3. The van der Waals surface area contributed by atoms with Gasteiger partial charge in [-0.05, 0) is 43.2 Å². The Kier molecular flexibility index (Phi) is 5.82. The summed E-state index contributed by atoms with van der Waals surface area (Å²) in [6, 6.07) is 14.2. The number of amides is 1. The molecule has 2 aromatic carbocycles. The summed E-state index contributed by atoms with van der Waals surface area (Å²) >= 11 is 3.33. The molecule has 3 aromatic rings. The van der Waals surface area contributed by atoms with Gasteiger partial charge in [-0.15, -0.1) is 23.1 Å². The number of benzene rings is 2. The quantitative estimate of drug-likeness (QED) is 0.537. The molecule has 156 valence electrons. The minimum Gasteiger partial charge on any atom is -0.490 e. The van der Waals surface area contributed by atoms with Gasteiger partial charge in [-0.25, -0.2) is 4.98 Å². The van der Waals surface area contributed by atoms with Crippen LogP contribution in [0.25, 0.3) is 10.2 Å². The molecule has 1 fully saturated rings. The lowest BCUT2D eigenvalue weighted by atomic mass is 9.99. The molecule has 0 unspecified atom stereocenters. The SMILES string of the molecule is O=C(CSc1ccc2c(c1)OCCCO2)N1CCC[C@H](c2nc3ccccc3s2)C1. The van der Waals surface area contributed by atoms with E-state index < -0.39 is 0 Å². The number of thiazole rings is 1. The lowest BCUT2D eigenvalue weighted by Crippen LogP contribution is -2.40. The summed E-state index contributed by atoms with van der Waals surface area (Å²) in [5.74, 6) is 2.53. The second-order valence-electron chi connectivity index (χ2n) is 7.65. The Morgan fingerprint density at radius 3 is 2.90 bits per heavy atom. The molecule has 0 spiro atoms. The maximum Gasteiger partial charge on any atom is 0.232 e. The van der Waals surface area contributed by atoms with Gasteiger partial charge in [-0.2, -0.15) is 0 Å². The van der Waals surface area contributed by atoms with Gasteiger partial charge < -0.3 is 14.4 Å². The molecule has 0 N–H and O–H groups in total. The van der Waals surface area contributed by atoms with Gasteiger partial charge in [0.1, 0.15) is 0 Å². The van der Waals surface area contributed by atoms with E-state index in [1.165, 1.54) is 4.70 Å². The Morgan fingerprint density at radius 1 is 1.13 bits per heavy atom. The Bertz CT molecular complexity index is 1020. The molecule has 3 heterocycles. The van der Waals surface area contributed by atoms with Crippen molar-refractivity contribution in [1.82, 2.24) is 9.88 Å². The Balaban J connectivity index is 1.21. The minimum atomic E-state index is 0.193. The van der Waals surface area contributed by atoms with Crippen molar-refractivity contribution >= 4 is 39.2 Å². The summed E-state index contributed by atoms with van der Waals surface area (Å²) in [7, 11) is 0. The van der Waals surface area contributed by atoms with Gasteiger partial charge in [-0.1, -0.05) is 12.1 Å². The largest absolute Gasteiger partial charge is 0.490 e. The number of hydrogen-bond acceptors (Lipinski definition) is 6. The van der Waals surface area contributed by atoms with Crippen LogP contribution in [0.3, 0.4) is 0 Å². The molecule has 2 aliphatic heterocycles. The first-order valence-electron chi connectivity index (χ1n) is 10.4. The van der Waals surface area contributed by atoms with Crippen molar-refractivity contribution in [3.63, 3.8) is 0 Å². The van der Waals surface area contributed by atoms with Gasteiger partial charge in [0.2, 0.25) is 5.91 Å². The van der Waals surface area contributed by atoms with Crippen LogP contribution in [0, 0.1) is 0 Å². The molecule has 1 saturated heterocycles. The number of piperidine rings is 1. The van der Waals surface area contributed by atoms with Gasteiger partial charge in [0, 0.05) is 30.3 Å². The third-order valence-electron chi connectivity index (χ3n) is 5.52. The average Bonchev–Trinajstić information content (AvgIpc) is 3.09. The van der Waals surface area contributed by atoms with Gasteiger partial charge >= 0.3 is 0 Å². The molecule has 7 heteroatoms. The van der Waals surface area contributed by atoms with Crippen LogP contribution in [-0.2, 0) is 4.79 Å². The number of fused-ring (bicyclic) bond motifs is 2. The molecule has 0 saturated carbocycles. The topological polar surface area (TPSA) is 51.7 Å². The number of aromatic nitrogens is 1. The van der Waals surface area contributed by atoms with E-state index >= 15 is 0 Å². The highest BCUT2D eigenvalue weighted by Gasteiger charge is 2.27. The molecule has 1 amide bonds. The molecule has 0 aliphatic carbocycles. The van der Waals surface area contributed by atoms with E-state index in [0.29, 0.717) is 24.9 Å². The fourth-order valence-corrected chi connectivity index (χ4v) is 5.86. The maximum absolute atomic E-state index is 12.9. The van der Waals surface area contributed by atoms with Crippen molar-refractivity contribution in [2.24, 2.45) is 0 Å². The summed E-state index contributed by atoms with van der Waals surface area (Å²) in [5, 5.41) is 1.16. The molecule has 0 bridgehead atoms. The number of hydrogen-bond donors (Lipinski definition) is 0. The van der Waals surface area contributed by atoms with Crippen LogP contribution in [-0.4, -0.2) is 47.8 Å². The van der Waals surface area contributed by atoms with E-state index in [9.17, 15) is 4.79 Å². The van der Waals surface area contributed by atoms with Crippen LogP contribution < -0.4 is 9.47 Å². The van der Waals surface area contributed by atoms with Crippen LogP contribution in [0.1, 0.15) is 30.2 Å². The number of thioether (sulfide) groups is 1. The summed E-state index contributed by atoms with van der Waals surface area (Å²) in [6.07, 6.45) is 3.01. The van der Waals surface area contributed by atoms with Gasteiger partial charge in [0.15, 0.2) is 11.5 Å². The standard InChI is InChI=1S/C23H24N2O3S2/c26-22(15-29-17-8-9-19-20(13-17)28-12-4-11-27-19)25-10-3-5-16(14-25)23-24-18-6-1-2-7-21(18)30-23/h1-2,6-9,13,16H,3-5,10-12,14-15H2/t16-/m0/s1. The van der Waals surface area contributed by atoms with E-state index in [1.54, 1.807) is 23.1 Å². The number of carbonyl (C=O) groups excluding carboxylic acids is 1. The van der Waals surface area contributed by atoms with E-state index in [1.807, 2.05) is 29.2 Å². The highest BCUT2D eigenvalue weighted by molar-refractivity contribution is 8.00. The number of nitrogens with zero attached hydrogens (tertiary/aromatic N) is 2. The molecular formula is C23H24N2O3S2. The highest BCUT2D eigenvalue weighted by Crippen LogP contribution is 2.35. The van der Waals surface area contributed by atoms with E-state index in [-0.39, 0.29) is 5.91 Å². The molecule has 1 atom stereocenters. The van der Waals surface area contributed by atoms with Crippen molar-refractivity contribution in [3.05, 3.63) is 47.5 Å². The lowest BCUT2D eigenvalue weighted by molar-refractivity contribution is -0.129. The van der Waals surface area contributed by atoms with E-state index in [0.717, 1.165) is 59.3 Å². The first kappa shape index (κ1) is 19.7. The number of ether oxygens (including phenoxy) is 2. The molecule has 30 heavy (non-hydrogen) atoms. The van der Waals surface area contributed by atoms with Crippen LogP contribution in [0.5, 0.6) is 11.5 Å². The summed E-state index contributed by atoms with van der Waals surface area (Å²) in [5.41, 5.74) is 1.06. The average molecular weight is 441 g/mol. The minimum absolute atomic E-state index is 0.193. The summed E-state index contributed by atoms with van der Waals surface area (Å²) < 4.78 is 12.7. The van der Waals surface area contributed by atoms with Crippen LogP contribution >= 0.6 is 23.1 Å². The first-order valence-corrected chi connectivity index (χ1v) is 12.2. The third-order valence-corrected chi connectivity index (χ3v) is 7.69. The number of para-hydroxylation sites is 1. The Hall–Kier alpha value is -2.25. The first-order chi connectivity index (χ1) is 14.8. The second-order valence-corrected chi connectivity index (χ2v) is 9.76. The Labute approximate surface area is 184 Å². The maximum atomic E-state index is 12.9. The Morgan fingerprint density at radius 2 is 2.00 bits per heavy atom. The summed E-state index contributed by atoms with van der Waals surface area (Å²) in [6.45, 7) is 2.95. The highest BCUT2D eigenvalue weighted by atomic mass is 32.2. The van der Waals surface area contributed by atoms with Crippen molar-refractivity contribution in [3.8, 4) is 11.5 Å². The smallest absolute Gasteiger partial charge is 0.232 e. The van der Waals surface area contributed by atoms with Gasteiger partial charge in [0.05, 0.1) is 34.2 Å². The van der Waals surface area contributed by atoms with Crippen LogP contribution in [0.15, 0.2) is 47.4 Å². The molecule has 5 rings (SSSR count). The molecule has 2 aliphatic rings.